The van der Waals surface area contributed by atoms with E-state index < -0.39 is 0 Å². The molecule has 0 aliphatic carbocycles. The van der Waals surface area contributed by atoms with Crippen LogP contribution >= 0.6 is 0 Å². The topological polar surface area (TPSA) is 85.4 Å². The number of amides is 1. The van der Waals surface area contributed by atoms with Gasteiger partial charge >= 0.3 is 0 Å². The Bertz CT molecular complexity index is 654. The molecule has 0 saturated heterocycles. The third-order valence-electron chi connectivity index (χ3n) is 3.07. The fraction of sp³-hybridized carbons (Fsp3) is 0.353. The molecule has 1 aromatic heterocycles. The lowest BCUT2D eigenvalue weighted by atomic mass is 10.3. The Balaban J connectivity index is 1.87. The highest BCUT2D eigenvalue weighted by atomic mass is 16.5. The Morgan fingerprint density at radius 2 is 1.67 bits per heavy atom. The van der Waals surface area contributed by atoms with Crippen molar-refractivity contribution in [3.05, 3.63) is 41.7 Å². The number of nitrogens with one attached hydrogen (secondary N) is 2. The summed E-state index contributed by atoms with van der Waals surface area (Å²) in [5.74, 6) is 0.347. The number of rotatable bonds is 8. The molecule has 2 rings (SSSR count). The minimum atomic E-state index is -0.204. The summed E-state index contributed by atoms with van der Waals surface area (Å²) in [4.78, 5) is 20.4. The van der Waals surface area contributed by atoms with Crippen molar-refractivity contribution in [1.82, 2.24) is 9.97 Å². The summed E-state index contributed by atoms with van der Waals surface area (Å²) >= 11 is 0. The number of hydrogen-bond donors (Lipinski definition) is 2. The zero-order chi connectivity index (χ0) is 17.4. The second-order valence-electron chi connectivity index (χ2n) is 5.27. The minimum Gasteiger partial charge on any atom is -0.382 e. The van der Waals surface area contributed by atoms with Crippen molar-refractivity contribution in [2.24, 2.45) is 0 Å². The molecular formula is C17H22N4O3. The van der Waals surface area contributed by atoms with Gasteiger partial charge in [0.25, 0.3) is 0 Å². The van der Waals surface area contributed by atoms with Gasteiger partial charge in [-0.2, -0.15) is 0 Å². The quantitative estimate of drug-likeness (QED) is 0.723. The molecule has 0 spiro atoms. The molecule has 1 heterocycles. The SMILES string of the molecule is COCCOCC(=O)Nc1ccc(Nc2nc(C)cc(C)n2)cc1. The van der Waals surface area contributed by atoms with Gasteiger partial charge in [-0.25, -0.2) is 9.97 Å². The first-order valence-electron chi connectivity index (χ1n) is 7.63. The van der Waals surface area contributed by atoms with Crippen LogP contribution in [0, 0.1) is 13.8 Å². The van der Waals surface area contributed by atoms with E-state index in [1.807, 2.05) is 32.0 Å². The maximum Gasteiger partial charge on any atom is 0.250 e. The van der Waals surface area contributed by atoms with Crippen LogP contribution in [-0.4, -0.2) is 42.8 Å². The fourth-order valence-electron chi connectivity index (χ4n) is 2.05. The predicted octanol–water partition coefficient (Wildman–Crippen LogP) is 2.44. The third kappa shape index (κ3) is 5.94. The first-order chi connectivity index (χ1) is 11.6. The number of methoxy groups -OCH3 is 1. The van der Waals surface area contributed by atoms with Gasteiger partial charge in [0, 0.05) is 29.9 Å². The summed E-state index contributed by atoms with van der Waals surface area (Å²) < 4.78 is 10.0. The van der Waals surface area contributed by atoms with Crippen LogP contribution in [0.25, 0.3) is 0 Å². The highest BCUT2D eigenvalue weighted by Gasteiger charge is 2.04. The van der Waals surface area contributed by atoms with E-state index in [1.54, 1.807) is 19.2 Å². The Morgan fingerprint density at radius 1 is 1.04 bits per heavy atom. The van der Waals surface area contributed by atoms with E-state index in [0.717, 1.165) is 17.1 Å². The molecular weight excluding hydrogens is 308 g/mol. The summed E-state index contributed by atoms with van der Waals surface area (Å²) in [5, 5.41) is 5.91. The third-order valence-corrected chi connectivity index (χ3v) is 3.07. The van der Waals surface area contributed by atoms with Crippen molar-refractivity contribution in [2.45, 2.75) is 13.8 Å². The molecule has 24 heavy (non-hydrogen) atoms. The number of carbonyl (C=O) groups excluding carboxylic acids is 1. The molecule has 0 atom stereocenters. The molecule has 2 N–H and O–H groups in total. The first-order valence-corrected chi connectivity index (χ1v) is 7.63. The van der Waals surface area contributed by atoms with Crippen LogP contribution in [0.15, 0.2) is 30.3 Å². The molecule has 7 nitrogen and oxygen atoms in total. The van der Waals surface area contributed by atoms with Crippen LogP contribution in [0.1, 0.15) is 11.4 Å². The van der Waals surface area contributed by atoms with E-state index in [4.69, 9.17) is 9.47 Å². The minimum absolute atomic E-state index is 0.000228. The summed E-state index contributed by atoms with van der Waals surface area (Å²) in [6.45, 7) is 4.71. The maximum absolute atomic E-state index is 11.7. The summed E-state index contributed by atoms with van der Waals surface area (Å²) in [7, 11) is 1.59. The lowest BCUT2D eigenvalue weighted by Crippen LogP contribution is -2.19. The molecule has 0 aliphatic rings. The zero-order valence-electron chi connectivity index (χ0n) is 14.1. The average Bonchev–Trinajstić information content (AvgIpc) is 2.52. The Labute approximate surface area is 141 Å². The normalized spacial score (nSPS) is 10.5. The summed E-state index contributed by atoms with van der Waals surface area (Å²) in [6.07, 6.45) is 0. The van der Waals surface area contributed by atoms with E-state index in [0.29, 0.717) is 24.8 Å². The molecule has 0 aliphatic heterocycles. The second-order valence-corrected chi connectivity index (χ2v) is 5.27. The molecule has 1 aromatic carbocycles. The lowest BCUT2D eigenvalue weighted by molar-refractivity contribution is -0.121. The predicted molar refractivity (Wildman–Crippen MR) is 92.6 cm³/mol. The van der Waals surface area contributed by atoms with E-state index in [2.05, 4.69) is 20.6 Å². The van der Waals surface area contributed by atoms with Crippen molar-refractivity contribution < 1.29 is 14.3 Å². The van der Waals surface area contributed by atoms with Gasteiger partial charge in [0.05, 0.1) is 13.2 Å². The van der Waals surface area contributed by atoms with Crippen molar-refractivity contribution in [1.29, 1.82) is 0 Å². The van der Waals surface area contributed by atoms with Crippen molar-refractivity contribution >= 4 is 23.2 Å². The Morgan fingerprint density at radius 3 is 2.29 bits per heavy atom. The highest BCUT2D eigenvalue weighted by Crippen LogP contribution is 2.17. The largest absolute Gasteiger partial charge is 0.382 e. The van der Waals surface area contributed by atoms with Crippen LogP contribution in [-0.2, 0) is 14.3 Å². The monoisotopic (exact) mass is 330 g/mol. The summed E-state index contributed by atoms with van der Waals surface area (Å²) in [6, 6.07) is 9.22. The van der Waals surface area contributed by atoms with Gasteiger partial charge in [-0.05, 0) is 44.2 Å². The molecule has 1 amide bonds. The number of nitrogens with zero attached hydrogens (tertiary/aromatic N) is 2. The van der Waals surface area contributed by atoms with E-state index in [9.17, 15) is 4.79 Å². The van der Waals surface area contributed by atoms with Gasteiger partial charge in [-0.1, -0.05) is 0 Å². The van der Waals surface area contributed by atoms with Crippen LogP contribution < -0.4 is 10.6 Å². The Hall–Kier alpha value is -2.51. The molecule has 0 fully saturated rings. The first kappa shape index (κ1) is 17.8. The number of aryl methyl sites for hydroxylation is 2. The van der Waals surface area contributed by atoms with Gasteiger partial charge in [-0.3, -0.25) is 4.79 Å². The van der Waals surface area contributed by atoms with Gasteiger partial charge in [0.1, 0.15) is 6.61 Å². The van der Waals surface area contributed by atoms with E-state index >= 15 is 0 Å². The maximum atomic E-state index is 11.7. The Kier molecular flexibility index (Phi) is 6.65. The zero-order valence-corrected chi connectivity index (χ0v) is 14.1. The number of carbonyl (C=O) groups is 1. The number of hydrogen-bond acceptors (Lipinski definition) is 6. The van der Waals surface area contributed by atoms with Gasteiger partial charge in [-0.15, -0.1) is 0 Å². The second kappa shape index (κ2) is 8.95. The highest BCUT2D eigenvalue weighted by molar-refractivity contribution is 5.91. The molecule has 0 bridgehead atoms. The van der Waals surface area contributed by atoms with Crippen LogP contribution in [0.4, 0.5) is 17.3 Å². The van der Waals surface area contributed by atoms with E-state index in [-0.39, 0.29) is 12.5 Å². The number of aromatic nitrogens is 2. The average molecular weight is 330 g/mol. The van der Waals surface area contributed by atoms with Gasteiger partial charge < -0.3 is 20.1 Å². The molecule has 128 valence electrons. The fourth-order valence-corrected chi connectivity index (χ4v) is 2.05. The van der Waals surface area contributed by atoms with Crippen LogP contribution in [0.5, 0.6) is 0 Å². The van der Waals surface area contributed by atoms with Crippen molar-refractivity contribution in [2.75, 3.05) is 37.6 Å². The van der Waals surface area contributed by atoms with E-state index in [1.165, 1.54) is 0 Å². The summed E-state index contributed by atoms with van der Waals surface area (Å²) in [5.41, 5.74) is 3.35. The van der Waals surface area contributed by atoms with Crippen LogP contribution in [0.3, 0.4) is 0 Å². The molecule has 0 unspecified atom stereocenters. The number of benzene rings is 1. The standard InChI is InChI=1S/C17H22N4O3/c1-12-10-13(2)19-17(18-12)21-15-6-4-14(5-7-15)20-16(22)11-24-9-8-23-3/h4-7,10H,8-9,11H2,1-3H3,(H,20,22)(H,18,19,21). The molecule has 7 heteroatoms. The number of anilines is 3. The van der Waals surface area contributed by atoms with Crippen molar-refractivity contribution in [3.63, 3.8) is 0 Å². The smallest absolute Gasteiger partial charge is 0.250 e. The number of ether oxygens (including phenoxy) is 2. The molecule has 0 radical (unpaired) electrons. The lowest BCUT2D eigenvalue weighted by Gasteiger charge is -2.09. The van der Waals surface area contributed by atoms with Gasteiger partial charge in [0.15, 0.2) is 0 Å². The van der Waals surface area contributed by atoms with Crippen molar-refractivity contribution in [3.8, 4) is 0 Å². The van der Waals surface area contributed by atoms with Gasteiger partial charge in [0.2, 0.25) is 11.9 Å². The van der Waals surface area contributed by atoms with Crippen LogP contribution in [0.2, 0.25) is 0 Å². The molecule has 0 saturated carbocycles. The molecule has 2 aromatic rings.